The van der Waals surface area contributed by atoms with Crippen molar-refractivity contribution < 1.29 is 20.6 Å². The molecule has 5 atom stereocenters. The van der Waals surface area contributed by atoms with Gasteiger partial charge in [-0.25, -0.2) is 0 Å². The molecule has 0 aliphatic heterocycles. The van der Waals surface area contributed by atoms with Crippen molar-refractivity contribution in [1.82, 2.24) is 5.32 Å². The molecule has 0 spiro atoms. The molecule has 0 aliphatic carbocycles. The molecule has 0 rings (SSSR count). The topological polar surface area (TPSA) is 84.2 Å². The predicted molar refractivity (Wildman–Crippen MR) is 258 cm³/mol. The summed E-state index contributed by atoms with van der Waals surface area (Å²) in [6.07, 6.45) is 27.5. The van der Waals surface area contributed by atoms with Gasteiger partial charge < -0.3 is 31.6 Å². The molecule has 0 radical (unpaired) electrons. The van der Waals surface area contributed by atoms with E-state index in [2.05, 4.69) is 105 Å². The zero-order valence-corrected chi connectivity index (χ0v) is 46.0. The summed E-state index contributed by atoms with van der Waals surface area (Å²) in [6.45, 7) is 37.3. The SMILES string of the molecule is CCCCCCCCCCCCC(C)[Si](C)(O[Si](C)(C)C)O[Si](C)(O[Si](C)(CCCNCCN)O[Si](C)(C)O[Si](C)(C)C)C(C)CCCCCCCCCC. The number of hydrogen-bond acceptors (Lipinski definition) is 7. The molecule has 13 heteroatoms. The van der Waals surface area contributed by atoms with E-state index >= 15 is 0 Å². The van der Waals surface area contributed by atoms with Gasteiger partial charge in [-0.3, -0.25) is 0 Å². The first-order chi connectivity index (χ1) is 25.6. The summed E-state index contributed by atoms with van der Waals surface area (Å²) in [7, 11) is -14.5. The minimum absolute atomic E-state index is 0.336. The summed E-state index contributed by atoms with van der Waals surface area (Å²) in [4.78, 5) is 0. The van der Waals surface area contributed by atoms with E-state index in [1.54, 1.807) is 0 Å². The fourth-order valence-electron chi connectivity index (χ4n) is 8.09. The number of nitrogens with one attached hydrogen (secondary N) is 1. The number of rotatable bonds is 38. The van der Waals surface area contributed by atoms with Gasteiger partial charge >= 0.3 is 34.2 Å². The third-order valence-electron chi connectivity index (χ3n) is 10.9. The van der Waals surface area contributed by atoms with E-state index in [1.165, 1.54) is 122 Å². The molecule has 0 amide bonds. The maximum atomic E-state index is 7.82. The van der Waals surface area contributed by atoms with Gasteiger partial charge in [0.25, 0.3) is 0 Å². The average molecular weight is 882 g/mol. The Kier molecular flexibility index (Phi) is 29.8. The van der Waals surface area contributed by atoms with Gasteiger partial charge in [0, 0.05) is 13.1 Å². The van der Waals surface area contributed by atoms with Crippen molar-refractivity contribution in [3.05, 3.63) is 0 Å². The zero-order valence-electron chi connectivity index (χ0n) is 40.0. The molecule has 5 unspecified atom stereocenters. The van der Waals surface area contributed by atoms with E-state index in [0.717, 1.165) is 32.0 Å². The molecular weight excluding hydrogens is 781 g/mol. The van der Waals surface area contributed by atoms with Crippen LogP contribution in [0.3, 0.4) is 0 Å². The van der Waals surface area contributed by atoms with Crippen LogP contribution in [-0.4, -0.2) is 70.5 Å². The summed E-state index contributed by atoms with van der Waals surface area (Å²) in [5, 5.41) is 3.52. The van der Waals surface area contributed by atoms with Crippen molar-refractivity contribution in [3.63, 3.8) is 0 Å². The second-order valence-electron chi connectivity index (χ2n) is 20.0. The molecule has 332 valence electrons. The monoisotopic (exact) mass is 881 g/mol. The Morgan fingerprint density at radius 1 is 0.436 bits per heavy atom. The van der Waals surface area contributed by atoms with Crippen LogP contribution < -0.4 is 11.1 Å². The molecule has 0 bridgehead atoms. The van der Waals surface area contributed by atoms with Crippen molar-refractivity contribution in [2.24, 2.45) is 5.73 Å². The maximum absolute atomic E-state index is 7.82. The Hall–Kier alpha value is 1.02. The standard InChI is InChI=1S/C42H100N2O5Si6/c1-16-18-20-22-24-26-27-29-31-32-35-41(3)54(14,46-51(8,9)10)49-55(15,42(4)36-33-30-28-25-23-21-19-17-2)48-53(13,40-34-38-44-39-37-43)47-52(11,12)45-50(5,6)7/h41-42,44H,16-40,43H2,1-15H3. The molecule has 7 nitrogen and oxygen atoms in total. The van der Waals surface area contributed by atoms with Crippen LogP contribution in [0.4, 0.5) is 0 Å². The molecule has 0 heterocycles. The summed E-state index contributed by atoms with van der Waals surface area (Å²) in [6, 6.07) is 0.911. The summed E-state index contributed by atoms with van der Waals surface area (Å²) in [5.74, 6) is 0. The third-order valence-corrected chi connectivity index (χ3v) is 35.1. The smallest absolute Gasteiger partial charge is 0.320 e. The first-order valence-electron chi connectivity index (χ1n) is 23.5. The number of unbranched alkanes of at least 4 members (excludes halogenated alkanes) is 16. The minimum atomic E-state index is -2.85. The Morgan fingerprint density at radius 3 is 1.20 bits per heavy atom. The fourth-order valence-corrected chi connectivity index (χ4v) is 38.1. The molecule has 3 N–H and O–H groups in total. The Bertz CT molecular complexity index is 943. The first-order valence-corrected chi connectivity index (χ1v) is 40.4. The van der Waals surface area contributed by atoms with Gasteiger partial charge in [-0.15, -0.1) is 0 Å². The van der Waals surface area contributed by atoms with Crippen LogP contribution in [0.25, 0.3) is 0 Å². The zero-order chi connectivity index (χ0) is 42.1. The van der Waals surface area contributed by atoms with Crippen LogP contribution in [0.15, 0.2) is 0 Å². The summed E-state index contributed by atoms with van der Waals surface area (Å²) < 4.78 is 37.0. The molecule has 0 aliphatic rings. The fraction of sp³-hybridized carbons (Fsp3) is 1.00. The van der Waals surface area contributed by atoms with E-state index in [0.29, 0.717) is 17.6 Å². The van der Waals surface area contributed by atoms with E-state index in [-0.39, 0.29) is 0 Å². The van der Waals surface area contributed by atoms with E-state index in [4.69, 9.17) is 26.3 Å². The third kappa shape index (κ3) is 29.0. The van der Waals surface area contributed by atoms with E-state index in [9.17, 15) is 0 Å². The summed E-state index contributed by atoms with van der Waals surface area (Å²) in [5.41, 5.74) is 6.55. The van der Waals surface area contributed by atoms with Gasteiger partial charge in [-0.05, 0) is 115 Å². The van der Waals surface area contributed by atoms with E-state index < -0.39 is 50.9 Å². The highest BCUT2D eigenvalue weighted by atomic mass is 28.5. The van der Waals surface area contributed by atoms with Crippen LogP contribution in [0.1, 0.15) is 163 Å². The van der Waals surface area contributed by atoms with E-state index in [1.807, 2.05) is 0 Å². The van der Waals surface area contributed by atoms with Crippen molar-refractivity contribution in [3.8, 4) is 0 Å². The van der Waals surface area contributed by atoms with Crippen LogP contribution in [0.5, 0.6) is 0 Å². The highest BCUT2D eigenvalue weighted by molar-refractivity contribution is 6.92. The largest absolute Gasteiger partial charge is 0.437 e. The van der Waals surface area contributed by atoms with Gasteiger partial charge in [-0.1, -0.05) is 143 Å². The molecule has 55 heavy (non-hydrogen) atoms. The Labute approximate surface area is 352 Å². The lowest BCUT2D eigenvalue weighted by atomic mass is 10.1. The van der Waals surface area contributed by atoms with Crippen LogP contribution in [0.2, 0.25) is 89.1 Å². The summed E-state index contributed by atoms with van der Waals surface area (Å²) >= 11 is 0. The lowest BCUT2D eigenvalue weighted by molar-refractivity contribution is 0.253. The van der Waals surface area contributed by atoms with Crippen molar-refractivity contribution in [2.45, 2.75) is 252 Å². The van der Waals surface area contributed by atoms with Crippen LogP contribution >= 0.6 is 0 Å². The van der Waals surface area contributed by atoms with Crippen molar-refractivity contribution in [2.75, 3.05) is 19.6 Å². The average Bonchev–Trinajstić information content (AvgIpc) is 3.03. The van der Waals surface area contributed by atoms with Gasteiger partial charge in [0.05, 0.1) is 0 Å². The number of nitrogens with two attached hydrogens (primary N) is 1. The van der Waals surface area contributed by atoms with Gasteiger partial charge in [0.2, 0.25) is 0 Å². The Morgan fingerprint density at radius 2 is 0.818 bits per heavy atom. The normalized spacial score (nSPS) is 17.5. The first kappa shape index (κ1) is 56.0. The highest BCUT2D eigenvalue weighted by Crippen LogP contribution is 2.42. The maximum Gasteiger partial charge on any atom is 0.320 e. The van der Waals surface area contributed by atoms with Gasteiger partial charge in [0.15, 0.2) is 16.6 Å². The lowest BCUT2D eigenvalue weighted by Crippen LogP contribution is -2.64. The molecule has 0 saturated carbocycles. The quantitative estimate of drug-likeness (QED) is 0.0472. The van der Waals surface area contributed by atoms with Crippen LogP contribution in [0, 0.1) is 0 Å². The molecule has 0 aromatic rings. The molecule has 0 saturated heterocycles. The molecule has 0 aromatic heterocycles. The second kappa shape index (κ2) is 29.3. The lowest BCUT2D eigenvalue weighted by Gasteiger charge is -2.49. The van der Waals surface area contributed by atoms with Crippen molar-refractivity contribution in [1.29, 1.82) is 0 Å². The van der Waals surface area contributed by atoms with Crippen LogP contribution in [-0.2, 0) is 20.6 Å². The van der Waals surface area contributed by atoms with Gasteiger partial charge in [0.1, 0.15) is 0 Å². The van der Waals surface area contributed by atoms with Crippen molar-refractivity contribution >= 4 is 50.9 Å². The number of hydrogen-bond donors (Lipinski definition) is 2. The second-order valence-corrected chi connectivity index (χ2v) is 44.1. The predicted octanol–water partition coefficient (Wildman–Crippen LogP) is 14.2. The molecular formula is C42H100N2O5Si6. The Balaban J connectivity index is 6.36. The minimum Gasteiger partial charge on any atom is -0.437 e. The molecule has 0 aromatic carbocycles. The molecule has 0 fully saturated rings. The van der Waals surface area contributed by atoms with Gasteiger partial charge in [-0.2, -0.15) is 0 Å². The highest BCUT2D eigenvalue weighted by Gasteiger charge is 2.55.